The summed E-state index contributed by atoms with van der Waals surface area (Å²) in [6.07, 6.45) is -5.94. The van der Waals surface area contributed by atoms with Crippen LogP contribution in [0.15, 0.2) is 72.8 Å². The van der Waals surface area contributed by atoms with E-state index in [1.54, 1.807) is 24.3 Å². The Morgan fingerprint density at radius 3 is 1.80 bits per heavy atom. The van der Waals surface area contributed by atoms with Gasteiger partial charge in [0, 0.05) is 10.6 Å². The van der Waals surface area contributed by atoms with Gasteiger partial charge in [-0.25, -0.2) is 0 Å². The van der Waals surface area contributed by atoms with Gasteiger partial charge in [0.15, 0.2) is 0 Å². The molecule has 0 aliphatic heterocycles. The predicted octanol–water partition coefficient (Wildman–Crippen LogP) is 5.31. The molecule has 0 saturated heterocycles. The molecule has 0 aromatic heterocycles. The second-order valence-electron chi connectivity index (χ2n) is 5.52. The van der Waals surface area contributed by atoms with Crippen molar-refractivity contribution < 1.29 is 26.5 Å². The van der Waals surface area contributed by atoms with E-state index in [1.165, 1.54) is 24.3 Å². The predicted molar refractivity (Wildman–Crippen MR) is 88.3 cm³/mol. The third kappa shape index (κ3) is 2.74. The Hall–Kier alpha value is -2.20. The molecule has 0 bridgehead atoms. The maximum absolute atomic E-state index is 14.4. The Morgan fingerprint density at radius 2 is 1.20 bits per heavy atom. The molecule has 0 amide bonds. The zero-order valence-corrected chi connectivity index (χ0v) is 13.6. The van der Waals surface area contributed by atoms with Crippen LogP contribution in [0.4, 0.5) is 22.0 Å². The molecule has 25 heavy (non-hydrogen) atoms. The zero-order valence-electron chi connectivity index (χ0n) is 12.7. The van der Waals surface area contributed by atoms with E-state index in [0.717, 1.165) is 24.3 Å². The van der Waals surface area contributed by atoms with Gasteiger partial charge in [0.1, 0.15) is 0 Å². The normalized spacial score (nSPS) is 15.1. The van der Waals surface area contributed by atoms with Crippen LogP contribution in [0.3, 0.4) is 0 Å². The molecule has 0 N–H and O–H groups in total. The summed E-state index contributed by atoms with van der Waals surface area (Å²) in [5.41, 5.74) is -5.39. The third-order valence-corrected chi connectivity index (χ3v) is 7.03. The minimum Gasteiger partial charge on any atom is -0.307 e. The molecular weight excluding hydrogens is 358 g/mol. The van der Waals surface area contributed by atoms with Gasteiger partial charge < -0.3 is 4.57 Å². The fourth-order valence-electron chi connectivity index (χ4n) is 2.66. The van der Waals surface area contributed by atoms with E-state index in [4.69, 9.17) is 0 Å². The van der Waals surface area contributed by atoms with E-state index < -0.39 is 29.6 Å². The molecule has 1 nitrogen and oxygen atoms in total. The van der Waals surface area contributed by atoms with Gasteiger partial charge in [0.2, 0.25) is 7.14 Å². The lowest BCUT2D eigenvalue weighted by molar-refractivity contribution is -0.241. The summed E-state index contributed by atoms with van der Waals surface area (Å²) >= 11 is 0. The van der Waals surface area contributed by atoms with Crippen molar-refractivity contribution in [1.29, 1.82) is 0 Å². The van der Waals surface area contributed by atoms with Gasteiger partial charge in [-0.3, -0.25) is 0 Å². The van der Waals surface area contributed by atoms with Crippen LogP contribution in [0, 0.1) is 0 Å². The first-order chi connectivity index (χ1) is 11.7. The maximum Gasteiger partial charge on any atom is 0.461 e. The molecule has 3 aromatic rings. The first kappa shape index (κ1) is 17.6. The maximum atomic E-state index is 14.4. The van der Waals surface area contributed by atoms with Crippen LogP contribution in [0.2, 0.25) is 0 Å². The van der Waals surface area contributed by atoms with Crippen molar-refractivity contribution >= 4 is 28.5 Å². The first-order valence-corrected chi connectivity index (χ1v) is 8.98. The number of hydrogen-bond donors (Lipinski definition) is 0. The molecule has 0 saturated carbocycles. The highest BCUT2D eigenvalue weighted by atomic mass is 31.2. The molecule has 0 heterocycles. The summed E-state index contributed by atoms with van der Waals surface area (Å²) in [5, 5.41) is 0.0302. The lowest BCUT2D eigenvalue weighted by Gasteiger charge is -2.29. The number of halogens is 5. The minimum absolute atomic E-state index is 0.439. The molecule has 0 fully saturated rings. The second-order valence-corrected chi connectivity index (χ2v) is 8.33. The largest absolute Gasteiger partial charge is 0.461 e. The van der Waals surface area contributed by atoms with E-state index in [9.17, 15) is 26.5 Å². The van der Waals surface area contributed by atoms with Gasteiger partial charge >= 0.3 is 11.8 Å². The Bertz CT molecular complexity index is 950. The smallest absolute Gasteiger partial charge is 0.307 e. The molecule has 3 aromatic carbocycles. The molecular formula is C18H12F5OP. The van der Waals surface area contributed by atoms with E-state index in [0.29, 0.717) is 10.8 Å². The van der Waals surface area contributed by atoms with Crippen LogP contribution in [-0.2, 0) is 4.57 Å². The van der Waals surface area contributed by atoms with Crippen LogP contribution >= 0.6 is 7.14 Å². The average molecular weight is 370 g/mol. The molecule has 3 rings (SSSR count). The number of rotatable bonds is 3. The quantitative estimate of drug-likeness (QED) is 0.451. The second kappa shape index (κ2) is 5.95. The highest BCUT2D eigenvalue weighted by Crippen LogP contribution is 2.64. The Kier molecular flexibility index (Phi) is 4.20. The van der Waals surface area contributed by atoms with Gasteiger partial charge in [-0.2, -0.15) is 22.0 Å². The van der Waals surface area contributed by atoms with Gasteiger partial charge in [-0.1, -0.05) is 66.7 Å². The van der Waals surface area contributed by atoms with Crippen molar-refractivity contribution in [2.24, 2.45) is 0 Å². The van der Waals surface area contributed by atoms with Gasteiger partial charge in [0.25, 0.3) is 0 Å². The fraction of sp³-hybridized carbons (Fsp3) is 0.111. The molecule has 1 atom stereocenters. The molecule has 0 spiro atoms. The monoisotopic (exact) mass is 370 g/mol. The average Bonchev–Trinajstić information content (AvgIpc) is 2.60. The summed E-state index contributed by atoms with van der Waals surface area (Å²) in [4.78, 5) is 0. The Balaban J connectivity index is 2.33. The Morgan fingerprint density at radius 1 is 0.640 bits per heavy atom. The molecule has 7 heteroatoms. The van der Waals surface area contributed by atoms with Crippen LogP contribution in [-0.4, -0.2) is 11.8 Å². The van der Waals surface area contributed by atoms with E-state index in [2.05, 4.69) is 0 Å². The zero-order chi connectivity index (χ0) is 18.3. The fourth-order valence-corrected chi connectivity index (χ4v) is 5.16. The summed E-state index contributed by atoms with van der Waals surface area (Å²) in [7, 11) is -5.31. The lowest BCUT2D eigenvalue weighted by atomic mass is 10.1. The van der Waals surface area contributed by atoms with Crippen molar-refractivity contribution in [3.8, 4) is 0 Å². The van der Waals surface area contributed by atoms with Crippen molar-refractivity contribution in [2.75, 3.05) is 0 Å². The molecule has 130 valence electrons. The topological polar surface area (TPSA) is 17.1 Å². The number of alkyl halides is 5. The summed E-state index contributed by atoms with van der Waals surface area (Å²) < 4.78 is 81.3. The van der Waals surface area contributed by atoms with Crippen molar-refractivity contribution in [3.05, 3.63) is 72.8 Å². The van der Waals surface area contributed by atoms with Crippen molar-refractivity contribution in [1.82, 2.24) is 0 Å². The standard InChI is InChI=1S/C18H12F5OP/c19-17(20,21)18(22,23)25(24,15-8-2-1-3-9-15)16-11-10-13-6-4-5-7-14(13)12-16/h1-12H. The molecule has 1 unspecified atom stereocenters. The minimum atomic E-state index is -5.94. The van der Waals surface area contributed by atoms with Gasteiger partial charge in [-0.15, -0.1) is 0 Å². The number of fused-ring (bicyclic) bond motifs is 1. The third-order valence-electron chi connectivity index (χ3n) is 3.95. The number of benzene rings is 3. The Labute approximate surface area is 140 Å². The molecule has 0 aliphatic carbocycles. The highest BCUT2D eigenvalue weighted by Gasteiger charge is 2.69. The van der Waals surface area contributed by atoms with E-state index in [1.807, 2.05) is 0 Å². The summed E-state index contributed by atoms with van der Waals surface area (Å²) in [6.45, 7) is 0. The van der Waals surface area contributed by atoms with Crippen molar-refractivity contribution in [2.45, 2.75) is 11.8 Å². The van der Waals surface area contributed by atoms with Crippen LogP contribution in [0.1, 0.15) is 0 Å². The van der Waals surface area contributed by atoms with Crippen LogP contribution in [0.25, 0.3) is 10.8 Å². The summed E-state index contributed by atoms with van der Waals surface area (Å²) in [6, 6.07) is 16.3. The highest BCUT2D eigenvalue weighted by molar-refractivity contribution is 7.79. The molecule has 0 aliphatic rings. The van der Waals surface area contributed by atoms with Gasteiger partial charge in [0.05, 0.1) is 0 Å². The first-order valence-electron chi connectivity index (χ1n) is 7.27. The van der Waals surface area contributed by atoms with E-state index >= 15 is 0 Å². The summed E-state index contributed by atoms with van der Waals surface area (Å²) in [5.74, 6) is 0. The lowest BCUT2D eigenvalue weighted by Crippen LogP contribution is -2.42. The van der Waals surface area contributed by atoms with E-state index in [-0.39, 0.29) is 0 Å². The SMILES string of the molecule is O=P(c1ccccc1)(c1ccc2ccccc2c1)C(F)(F)C(F)(F)F. The van der Waals surface area contributed by atoms with Gasteiger partial charge in [-0.05, 0) is 16.8 Å². The van der Waals surface area contributed by atoms with Crippen molar-refractivity contribution in [3.63, 3.8) is 0 Å². The molecule has 0 radical (unpaired) electrons. The number of hydrogen-bond acceptors (Lipinski definition) is 1. The van der Waals surface area contributed by atoms with Crippen LogP contribution in [0.5, 0.6) is 0 Å². The van der Waals surface area contributed by atoms with Crippen LogP contribution < -0.4 is 10.6 Å².